The summed E-state index contributed by atoms with van der Waals surface area (Å²) in [6, 6.07) is 27.2. The minimum absolute atomic E-state index is 0.250. The maximum absolute atomic E-state index is 13.6. The van der Waals surface area contributed by atoms with Gasteiger partial charge in [0.05, 0.1) is 11.1 Å². The van der Waals surface area contributed by atoms with E-state index in [1.807, 2.05) is 84.9 Å². The lowest BCUT2D eigenvalue weighted by molar-refractivity contribution is -0.0870. The molecule has 6 unspecified atom stereocenters. The van der Waals surface area contributed by atoms with E-state index in [1.165, 1.54) is 25.7 Å². The average molecular weight is 491 g/mol. The molecule has 0 aromatic heterocycles. The molecule has 0 heterocycles. The number of carbonyl (C=O) groups is 2. The van der Waals surface area contributed by atoms with Crippen LogP contribution in [-0.2, 0) is 9.47 Å². The summed E-state index contributed by atoms with van der Waals surface area (Å²) in [5.41, 5.74) is 1.14. The largest absolute Gasteiger partial charge is 0.454 e. The Morgan fingerprint density at radius 1 is 0.541 bits per heavy atom. The van der Waals surface area contributed by atoms with Crippen molar-refractivity contribution in [3.05, 3.63) is 96.1 Å². The lowest BCUT2D eigenvalue weighted by Crippen LogP contribution is -2.47. The van der Waals surface area contributed by atoms with Crippen LogP contribution in [0.15, 0.2) is 84.9 Å². The number of hydrogen-bond acceptors (Lipinski definition) is 4. The van der Waals surface area contributed by atoms with Gasteiger partial charge in [0, 0.05) is 11.8 Å². The van der Waals surface area contributed by atoms with Gasteiger partial charge in [0.1, 0.15) is 12.2 Å². The van der Waals surface area contributed by atoms with Gasteiger partial charge in [0.25, 0.3) is 0 Å². The predicted molar refractivity (Wildman–Crippen MR) is 143 cm³/mol. The van der Waals surface area contributed by atoms with E-state index in [0.29, 0.717) is 23.0 Å². The average Bonchev–Trinajstić information content (AvgIpc) is 3.49. The molecular weight excluding hydrogens is 460 g/mol. The third-order valence-corrected chi connectivity index (χ3v) is 9.19. The molecule has 3 aliphatic rings. The van der Waals surface area contributed by atoms with Gasteiger partial charge in [-0.25, -0.2) is 9.59 Å². The fraction of sp³-hybridized carbons (Fsp3) is 0.333. The topological polar surface area (TPSA) is 52.6 Å². The molecule has 3 fully saturated rings. The molecule has 4 heteroatoms. The van der Waals surface area contributed by atoms with Crippen molar-refractivity contribution in [3.8, 4) is 0 Å². The molecule has 0 N–H and O–H groups in total. The third-order valence-electron chi connectivity index (χ3n) is 9.19. The summed E-state index contributed by atoms with van der Waals surface area (Å²) in [6.07, 6.45) is 4.97. The van der Waals surface area contributed by atoms with Crippen LogP contribution in [0.25, 0.3) is 21.5 Å². The van der Waals surface area contributed by atoms with Gasteiger partial charge in [0.2, 0.25) is 0 Å². The second-order valence-electron chi connectivity index (χ2n) is 11.0. The lowest BCUT2D eigenvalue weighted by atomic mass is 9.69. The number of benzene rings is 4. The number of carbonyl (C=O) groups excluding carboxylic acids is 2. The van der Waals surface area contributed by atoms with Crippen LogP contribution < -0.4 is 0 Å². The summed E-state index contributed by atoms with van der Waals surface area (Å²) < 4.78 is 12.6. The molecule has 4 nitrogen and oxygen atoms in total. The molecule has 3 aliphatic carbocycles. The van der Waals surface area contributed by atoms with Crippen molar-refractivity contribution in [2.24, 2.45) is 23.7 Å². The molecule has 0 radical (unpaired) electrons. The highest BCUT2D eigenvalue weighted by atomic mass is 16.6. The third kappa shape index (κ3) is 3.73. The normalized spacial score (nSPS) is 28.2. The van der Waals surface area contributed by atoms with Gasteiger partial charge in [-0.2, -0.15) is 0 Å². The van der Waals surface area contributed by atoms with Crippen molar-refractivity contribution in [2.75, 3.05) is 0 Å². The van der Waals surface area contributed by atoms with Crippen molar-refractivity contribution in [1.29, 1.82) is 0 Å². The summed E-state index contributed by atoms with van der Waals surface area (Å²) in [7, 11) is 0. The van der Waals surface area contributed by atoms with Crippen LogP contribution in [0.2, 0.25) is 0 Å². The number of fused-ring (bicyclic) bond motifs is 7. The minimum atomic E-state index is -0.408. The monoisotopic (exact) mass is 490 g/mol. The van der Waals surface area contributed by atoms with E-state index >= 15 is 0 Å². The van der Waals surface area contributed by atoms with Crippen molar-refractivity contribution in [2.45, 2.75) is 44.3 Å². The zero-order valence-electron chi connectivity index (χ0n) is 20.7. The van der Waals surface area contributed by atoms with E-state index in [1.54, 1.807) is 0 Å². The maximum Gasteiger partial charge on any atom is 0.339 e. The second-order valence-corrected chi connectivity index (χ2v) is 11.0. The Morgan fingerprint density at radius 2 is 0.973 bits per heavy atom. The van der Waals surface area contributed by atoms with Gasteiger partial charge in [0.15, 0.2) is 0 Å². The molecule has 7 rings (SSSR count). The van der Waals surface area contributed by atoms with Crippen LogP contribution >= 0.6 is 0 Å². The van der Waals surface area contributed by atoms with E-state index in [0.717, 1.165) is 28.0 Å². The molecule has 37 heavy (non-hydrogen) atoms. The van der Waals surface area contributed by atoms with Crippen LogP contribution in [0.1, 0.15) is 52.8 Å². The molecule has 4 aromatic rings. The molecule has 0 saturated heterocycles. The molecule has 2 bridgehead atoms. The van der Waals surface area contributed by atoms with Gasteiger partial charge in [-0.1, -0.05) is 85.6 Å². The van der Waals surface area contributed by atoms with Gasteiger partial charge >= 0.3 is 11.9 Å². The van der Waals surface area contributed by atoms with Crippen LogP contribution in [0.5, 0.6) is 0 Å². The Balaban J connectivity index is 1.21. The molecule has 3 saturated carbocycles. The first kappa shape index (κ1) is 22.5. The fourth-order valence-electron chi connectivity index (χ4n) is 7.65. The first-order valence-corrected chi connectivity index (χ1v) is 13.6. The van der Waals surface area contributed by atoms with Crippen LogP contribution in [0.4, 0.5) is 0 Å². The standard InChI is InChI=1S/C33H30O4/c34-32(26-17-7-11-20-9-1-3-13-22(20)26)36-30-28-19-29(25-16-6-5-15-24(25)28)31(30)37-33(35)27-18-8-12-21-10-2-4-14-23(21)27/h1-4,7-14,17-18,24-25,28-31H,5-6,15-16,19H2. The molecule has 6 atom stereocenters. The van der Waals surface area contributed by atoms with Gasteiger partial charge in [-0.15, -0.1) is 0 Å². The Kier molecular flexibility index (Phi) is 5.49. The van der Waals surface area contributed by atoms with E-state index in [9.17, 15) is 9.59 Å². The maximum atomic E-state index is 13.6. The fourth-order valence-corrected chi connectivity index (χ4v) is 7.65. The summed E-state index contributed by atoms with van der Waals surface area (Å²) in [4.78, 5) is 27.1. The predicted octanol–water partition coefficient (Wildman–Crippen LogP) is 7.20. The van der Waals surface area contributed by atoms with E-state index < -0.39 is 12.2 Å². The van der Waals surface area contributed by atoms with Crippen molar-refractivity contribution < 1.29 is 19.1 Å². The Hall–Kier alpha value is -3.66. The number of ether oxygens (including phenoxy) is 2. The Labute approximate surface area is 216 Å². The van der Waals surface area contributed by atoms with Crippen molar-refractivity contribution in [3.63, 3.8) is 0 Å². The molecule has 0 spiro atoms. The van der Waals surface area contributed by atoms with E-state index in [2.05, 4.69) is 0 Å². The molecule has 0 aliphatic heterocycles. The molecule has 4 aromatic carbocycles. The highest BCUT2D eigenvalue weighted by Crippen LogP contribution is 2.59. The molecule has 186 valence electrons. The van der Waals surface area contributed by atoms with Crippen LogP contribution in [-0.4, -0.2) is 24.1 Å². The quantitative estimate of drug-likeness (QED) is 0.284. The van der Waals surface area contributed by atoms with Crippen LogP contribution in [0, 0.1) is 23.7 Å². The van der Waals surface area contributed by atoms with Gasteiger partial charge in [-0.05, 0) is 64.8 Å². The molecule has 0 amide bonds. The summed E-state index contributed by atoms with van der Waals surface area (Å²) in [6.45, 7) is 0. The highest BCUT2D eigenvalue weighted by Gasteiger charge is 2.61. The SMILES string of the molecule is O=C(OC1C2CC(C3CCCCC32)C1OC(=O)c1cccc2ccccc12)c1cccc2ccccc12. The zero-order chi connectivity index (χ0) is 24.9. The summed E-state index contributed by atoms with van der Waals surface area (Å²) >= 11 is 0. The zero-order valence-corrected chi connectivity index (χ0v) is 20.7. The number of esters is 2. The number of rotatable bonds is 4. The highest BCUT2D eigenvalue weighted by molar-refractivity contribution is 6.05. The van der Waals surface area contributed by atoms with Crippen molar-refractivity contribution in [1.82, 2.24) is 0 Å². The van der Waals surface area contributed by atoms with Crippen LogP contribution in [0.3, 0.4) is 0 Å². The lowest BCUT2D eigenvalue weighted by Gasteiger charge is -2.42. The van der Waals surface area contributed by atoms with Gasteiger partial charge in [-0.3, -0.25) is 0 Å². The first-order valence-electron chi connectivity index (χ1n) is 13.6. The second kappa shape index (κ2) is 9.02. The summed E-state index contributed by atoms with van der Waals surface area (Å²) in [5.74, 6) is 0.952. The summed E-state index contributed by atoms with van der Waals surface area (Å²) in [5, 5.41) is 3.79. The van der Waals surface area contributed by atoms with E-state index in [4.69, 9.17) is 9.47 Å². The number of hydrogen-bond donors (Lipinski definition) is 0. The minimum Gasteiger partial charge on any atom is -0.454 e. The van der Waals surface area contributed by atoms with Gasteiger partial charge < -0.3 is 9.47 Å². The smallest absolute Gasteiger partial charge is 0.339 e. The Morgan fingerprint density at radius 3 is 1.46 bits per heavy atom. The molecular formula is C33H30O4. The Bertz CT molecular complexity index is 1380. The van der Waals surface area contributed by atoms with Crippen molar-refractivity contribution >= 4 is 33.5 Å². The van der Waals surface area contributed by atoms with E-state index in [-0.39, 0.29) is 23.8 Å². The first-order chi connectivity index (χ1) is 18.2.